The van der Waals surface area contributed by atoms with Crippen molar-refractivity contribution < 1.29 is 0 Å². The summed E-state index contributed by atoms with van der Waals surface area (Å²) >= 11 is 6.02. The zero-order valence-electron chi connectivity index (χ0n) is 12.3. The lowest BCUT2D eigenvalue weighted by Gasteiger charge is -2.15. The molecule has 3 rings (SSSR count). The maximum Gasteiger partial charge on any atom is 0.156 e. The Kier molecular flexibility index (Phi) is 4.49. The molecular formula is C17H17ClN4. The highest BCUT2D eigenvalue weighted by Gasteiger charge is 2.08. The Morgan fingerprint density at radius 3 is 2.82 bits per heavy atom. The van der Waals surface area contributed by atoms with Crippen molar-refractivity contribution in [2.45, 2.75) is 25.8 Å². The Morgan fingerprint density at radius 1 is 1.18 bits per heavy atom. The predicted molar refractivity (Wildman–Crippen MR) is 90.2 cm³/mol. The number of rotatable bonds is 5. The summed E-state index contributed by atoms with van der Waals surface area (Å²) in [6, 6.07) is 10.1. The van der Waals surface area contributed by atoms with Gasteiger partial charge in [0.2, 0.25) is 0 Å². The molecular weight excluding hydrogens is 296 g/mol. The Bertz CT molecular complexity index is 761. The summed E-state index contributed by atoms with van der Waals surface area (Å²) in [6.07, 6.45) is 7.39. The number of nitrogens with zero attached hydrogens (tertiary/aromatic N) is 3. The molecule has 0 amide bonds. The van der Waals surface area contributed by atoms with Crippen LogP contribution in [-0.4, -0.2) is 21.2 Å². The van der Waals surface area contributed by atoms with Gasteiger partial charge in [-0.1, -0.05) is 11.6 Å². The van der Waals surface area contributed by atoms with Crippen LogP contribution in [0.25, 0.3) is 10.8 Å². The number of aromatic nitrogens is 3. The van der Waals surface area contributed by atoms with E-state index in [-0.39, 0.29) is 0 Å². The van der Waals surface area contributed by atoms with E-state index in [1.54, 1.807) is 6.20 Å². The average molecular weight is 313 g/mol. The molecule has 112 valence electrons. The molecule has 0 radical (unpaired) electrons. The fraction of sp³-hybridized carbons (Fsp3) is 0.235. The second-order valence-electron chi connectivity index (χ2n) is 5.36. The third kappa shape index (κ3) is 3.52. The van der Waals surface area contributed by atoms with Crippen molar-refractivity contribution in [1.82, 2.24) is 15.2 Å². The van der Waals surface area contributed by atoms with E-state index in [9.17, 15) is 0 Å². The van der Waals surface area contributed by atoms with Gasteiger partial charge >= 0.3 is 0 Å². The lowest BCUT2D eigenvalue weighted by atomic mass is 10.1. The van der Waals surface area contributed by atoms with Gasteiger partial charge in [-0.25, -0.2) is 0 Å². The summed E-state index contributed by atoms with van der Waals surface area (Å²) < 4.78 is 0. The van der Waals surface area contributed by atoms with E-state index in [1.807, 2.05) is 42.7 Å². The Hall–Kier alpha value is -2.20. The first kappa shape index (κ1) is 14.7. The van der Waals surface area contributed by atoms with Gasteiger partial charge in [-0.15, -0.1) is 5.10 Å². The minimum Gasteiger partial charge on any atom is -0.366 e. The molecule has 22 heavy (non-hydrogen) atoms. The van der Waals surface area contributed by atoms with Gasteiger partial charge in [0.05, 0.1) is 6.20 Å². The third-order valence-electron chi connectivity index (χ3n) is 3.62. The molecule has 4 nitrogen and oxygen atoms in total. The summed E-state index contributed by atoms with van der Waals surface area (Å²) in [7, 11) is 0. The van der Waals surface area contributed by atoms with E-state index in [1.165, 1.54) is 5.56 Å². The van der Waals surface area contributed by atoms with Gasteiger partial charge in [0.1, 0.15) is 0 Å². The molecule has 3 aromatic rings. The van der Waals surface area contributed by atoms with Crippen molar-refractivity contribution >= 4 is 28.2 Å². The van der Waals surface area contributed by atoms with Gasteiger partial charge in [0.15, 0.2) is 5.82 Å². The zero-order chi connectivity index (χ0) is 15.4. The van der Waals surface area contributed by atoms with E-state index in [4.69, 9.17) is 11.6 Å². The lowest BCUT2D eigenvalue weighted by Crippen LogP contribution is -2.17. The van der Waals surface area contributed by atoms with Crippen molar-refractivity contribution in [3.8, 4) is 0 Å². The van der Waals surface area contributed by atoms with Gasteiger partial charge in [0.25, 0.3) is 0 Å². The molecule has 1 atom stereocenters. The van der Waals surface area contributed by atoms with Crippen molar-refractivity contribution in [3.63, 3.8) is 0 Å². The number of aryl methyl sites for hydroxylation is 1. The predicted octanol–water partition coefficient (Wildman–Crippen LogP) is 4.11. The molecule has 0 spiro atoms. The van der Waals surface area contributed by atoms with Crippen LogP contribution >= 0.6 is 11.6 Å². The van der Waals surface area contributed by atoms with Crippen LogP contribution in [0.5, 0.6) is 0 Å². The fourth-order valence-corrected chi connectivity index (χ4v) is 2.58. The number of halogens is 1. The highest BCUT2D eigenvalue weighted by atomic mass is 35.5. The second kappa shape index (κ2) is 6.71. The summed E-state index contributed by atoms with van der Waals surface area (Å²) in [5.74, 6) is 0.802. The highest BCUT2D eigenvalue weighted by molar-refractivity contribution is 6.31. The first-order chi connectivity index (χ1) is 10.7. The minimum atomic E-state index is 0.295. The Balaban J connectivity index is 1.70. The molecule has 1 N–H and O–H groups in total. The van der Waals surface area contributed by atoms with Gasteiger partial charge in [0, 0.05) is 34.2 Å². The molecule has 0 aliphatic rings. The maximum absolute atomic E-state index is 6.02. The van der Waals surface area contributed by atoms with Gasteiger partial charge in [-0.05, 0) is 55.7 Å². The SMILES string of the molecule is CC(CCc1ccncc1)Nc1nncc2cc(Cl)ccc12. The van der Waals surface area contributed by atoms with Crippen LogP contribution in [0.3, 0.4) is 0 Å². The van der Waals surface area contributed by atoms with Crippen LogP contribution in [0.1, 0.15) is 18.9 Å². The van der Waals surface area contributed by atoms with E-state index < -0.39 is 0 Å². The number of benzene rings is 1. The monoisotopic (exact) mass is 312 g/mol. The molecule has 0 saturated carbocycles. The molecule has 1 unspecified atom stereocenters. The first-order valence-electron chi connectivity index (χ1n) is 7.29. The van der Waals surface area contributed by atoms with Crippen LogP contribution in [0.2, 0.25) is 5.02 Å². The van der Waals surface area contributed by atoms with Crippen LogP contribution in [-0.2, 0) is 6.42 Å². The van der Waals surface area contributed by atoms with Crippen LogP contribution in [0.15, 0.2) is 48.9 Å². The molecule has 2 aromatic heterocycles. The molecule has 1 aromatic carbocycles. The van der Waals surface area contributed by atoms with Crippen molar-refractivity contribution in [3.05, 3.63) is 59.5 Å². The number of nitrogens with one attached hydrogen (secondary N) is 1. The zero-order valence-corrected chi connectivity index (χ0v) is 13.1. The summed E-state index contributed by atoms with van der Waals surface area (Å²) in [5.41, 5.74) is 1.29. The molecule has 0 aliphatic heterocycles. The van der Waals surface area contributed by atoms with Crippen molar-refractivity contribution in [2.24, 2.45) is 0 Å². The Labute approximate surface area is 134 Å². The van der Waals surface area contributed by atoms with Crippen LogP contribution < -0.4 is 5.32 Å². The average Bonchev–Trinajstić information content (AvgIpc) is 2.54. The molecule has 0 saturated heterocycles. The van der Waals surface area contributed by atoms with Crippen molar-refractivity contribution in [1.29, 1.82) is 0 Å². The number of pyridine rings is 1. The van der Waals surface area contributed by atoms with Crippen LogP contribution in [0, 0.1) is 0 Å². The molecule has 0 bridgehead atoms. The standard InChI is InChI=1S/C17H17ClN4/c1-12(2-3-13-6-8-19-9-7-13)21-17-16-5-4-15(18)10-14(16)11-20-22-17/h4-12H,2-3H2,1H3,(H,21,22). The number of hydrogen-bond acceptors (Lipinski definition) is 4. The van der Waals surface area contributed by atoms with Crippen molar-refractivity contribution in [2.75, 3.05) is 5.32 Å². The van der Waals surface area contributed by atoms with Gasteiger partial charge in [-0.2, -0.15) is 5.10 Å². The van der Waals surface area contributed by atoms with E-state index >= 15 is 0 Å². The number of fused-ring (bicyclic) bond motifs is 1. The maximum atomic E-state index is 6.02. The summed E-state index contributed by atoms with van der Waals surface area (Å²) in [4.78, 5) is 4.04. The fourth-order valence-electron chi connectivity index (χ4n) is 2.40. The van der Waals surface area contributed by atoms with E-state index in [2.05, 4.69) is 27.4 Å². The smallest absolute Gasteiger partial charge is 0.156 e. The molecule has 0 aliphatic carbocycles. The minimum absolute atomic E-state index is 0.295. The largest absolute Gasteiger partial charge is 0.366 e. The Morgan fingerprint density at radius 2 is 2.00 bits per heavy atom. The highest BCUT2D eigenvalue weighted by Crippen LogP contribution is 2.24. The lowest BCUT2D eigenvalue weighted by molar-refractivity contribution is 0.701. The van der Waals surface area contributed by atoms with E-state index in [0.29, 0.717) is 11.1 Å². The third-order valence-corrected chi connectivity index (χ3v) is 3.86. The topological polar surface area (TPSA) is 50.7 Å². The summed E-state index contributed by atoms with van der Waals surface area (Å²) in [5, 5.41) is 14.4. The normalized spacial score (nSPS) is 12.3. The first-order valence-corrected chi connectivity index (χ1v) is 7.66. The van der Waals surface area contributed by atoms with Gasteiger partial charge < -0.3 is 5.32 Å². The van der Waals surface area contributed by atoms with E-state index in [0.717, 1.165) is 29.4 Å². The quantitative estimate of drug-likeness (QED) is 0.770. The number of hydrogen-bond donors (Lipinski definition) is 1. The molecule has 5 heteroatoms. The molecule has 2 heterocycles. The molecule has 0 fully saturated rings. The van der Waals surface area contributed by atoms with Gasteiger partial charge in [-0.3, -0.25) is 4.98 Å². The summed E-state index contributed by atoms with van der Waals surface area (Å²) in [6.45, 7) is 2.15. The van der Waals surface area contributed by atoms with Crippen LogP contribution in [0.4, 0.5) is 5.82 Å². The number of anilines is 1. The second-order valence-corrected chi connectivity index (χ2v) is 5.80.